The Morgan fingerprint density at radius 1 is 1.39 bits per heavy atom. The van der Waals surface area contributed by atoms with E-state index in [-0.39, 0.29) is 12.5 Å². The van der Waals surface area contributed by atoms with Crippen molar-refractivity contribution in [3.05, 3.63) is 35.4 Å². The number of hydrogen-bond donors (Lipinski definition) is 2. The molecule has 98 valence electrons. The largest absolute Gasteiger partial charge is 0.481 e. The predicted octanol–water partition coefficient (Wildman–Crippen LogP) is 1.24. The van der Waals surface area contributed by atoms with E-state index in [1.54, 1.807) is 0 Å². The summed E-state index contributed by atoms with van der Waals surface area (Å²) >= 11 is 0. The van der Waals surface area contributed by atoms with Gasteiger partial charge in [0.1, 0.15) is 0 Å². The Morgan fingerprint density at radius 2 is 2.11 bits per heavy atom. The van der Waals surface area contributed by atoms with Crippen molar-refractivity contribution in [1.29, 1.82) is 0 Å². The maximum atomic E-state index is 10.8. The van der Waals surface area contributed by atoms with E-state index in [2.05, 4.69) is 4.90 Å². The Hall–Kier alpha value is -1.39. The van der Waals surface area contributed by atoms with E-state index in [0.29, 0.717) is 0 Å². The number of carboxylic acids is 1. The van der Waals surface area contributed by atoms with Crippen LogP contribution >= 0.6 is 0 Å². The first-order valence-corrected chi connectivity index (χ1v) is 6.41. The Bertz CT molecular complexity index is 420. The number of rotatable bonds is 4. The fourth-order valence-electron chi connectivity index (χ4n) is 2.52. The van der Waals surface area contributed by atoms with Gasteiger partial charge in [-0.25, -0.2) is 0 Å². The van der Waals surface area contributed by atoms with Crippen LogP contribution in [0.5, 0.6) is 0 Å². The van der Waals surface area contributed by atoms with Crippen LogP contribution in [-0.2, 0) is 17.8 Å². The number of likely N-dealkylation sites (tertiary alicyclic amines) is 1. The molecule has 1 aromatic carbocycles. The van der Waals surface area contributed by atoms with Crippen LogP contribution in [0.15, 0.2) is 24.3 Å². The molecule has 0 aliphatic carbocycles. The molecular weight excluding hydrogens is 228 g/mol. The minimum atomic E-state index is -0.780. The molecule has 2 rings (SSSR count). The third-order valence-electron chi connectivity index (χ3n) is 3.40. The van der Waals surface area contributed by atoms with Crippen LogP contribution in [0.25, 0.3) is 0 Å². The highest BCUT2D eigenvalue weighted by atomic mass is 16.4. The van der Waals surface area contributed by atoms with Gasteiger partial charge < -0.3 is 10.8 Å². The number of benzene rings is 1. The standard InChI is InChI=1S/C14H20N2O2/c15-13-6-3-7-16(10-13)9-12-5-2-1-4-11(12)8-14(17)18/h1-2,4-5,13H,3,6-10,15H2,(H,17,18)/t13-/m1/s1. The van der Waals surface area contributed by atoms with Gasteiger partial charge in [0, 0.05) is 19.1 Å². The highest BCUT2D eigenvalue weighted by molar-refractivity contribution is 5.70. The van der Waals surface area contributed by atoms with Crippen molar-refractivity contribution in [2.24, 2.45) is 5.73 Å². The SMILES string of the molecule is N[C@@H]1CCCN(Cc2ccccc2CC(=O)O)C1. The Morgan fingerprint density at radius 3 is 2.78 bits per heavy atom. The molecule has 4 heteroatoms. The molecule has 0 aromatic heterocycles. The summed E-state index contributed by atoms with van der Waals surface area (Å²) in [6.07, 6.45) is 2.31. The van der Waals surface area contributed by atoms with Crippen LogP contribution in [0.1, 0.15) is 24.0 Å². The van der Waals surface area contributed by atoms with Gasteiger partial charge in [-0.15, -0.1) is 0 Å². The topological polar surface area (TPSA) is 66.6 Å². The zero-order chi connectivity index (χ0) is 13.0. The van der Waals surface area contributed by atoms with Gasteiger partial charge >= 0.3 is 5.97 Å². The monoisotopic (exact) mass is 248 g/mol. The minimum Gasteiger partial charge on any atom is -0.481 e. The molecule has 1 aromatic rings. The lowest BCUT2D eigenvalue weighted by Crippen LogP contribution is -2.42. The van der Waals surface area contributed by atoms with Crippen LogP contribution in [0.4, 0.5) is 0 Å². The van der Waals surface area contributed by atoms with Crippen LogP contribution in [-0.4, -0.2) is 35.1 Å². The number of aliphatic carboxylic acids is 1. The zero-order valence-electron chi connectivity index (χ0n) is 10.5. The molecule has 1 aliphatic rings. The van der Waals surface area contributed by atoms with Gasteiger partial charge in [0.25, 0.3) is 0 Å². The fraction of sp³-hybridized carbons (Fsp3) is 0.500. The first-order valence-electron chi connectivity index (χ1n) is 6.41. The molecule has 0 spiro atoms. The average molecular weight is 248 g/mol. The second-order valence-corrected chi connectivity index (χ2v) is 4.98. The summed E-state index contributed by atoms with van der Waals surface area (Å²) in [5, 5.41) is 8.91. The second kappa shape index (κ2) is 5.98. The van der Waals surface area contributed by atoms with E-state index in [4.69, 9.17) is 10.8 Å². The van der Waals surface area contributed by atoms with E-state index < -0.39 is 5.97 Å². The maximum absolute atomic E-state index is 10.8. The molecule has 1 aliphatic heterocycles. The number of hydrogen-bond acceptors (Lipinski definition) is 3. The second-order valence-electron chi connectivity index (χ2n) is 4.98. The van der Waals surface area contributed by atoms with Crippen LogP contribution in [0.3, 0.4) is 0 Å². The quantitative estimate of drug-likeness (QED) is 0.841. The third-order valence-corrected chi connectivity index (χ3v) is 3.40. The van der Waals surface area contributed by atoms with Gasteiger partial charge in [0.2, 0.25) is 0 Å². The predicted molar refractivity (Wildman–Crippen MR) is 70.3 cm³/mol. The molecule has 1 heterocycles. The molecule has 0 unspecified atom stereocenters. The van der Waals surface area contributed by atoms with Crippen molar-refractivity contribution in [2.45, 2.75) is 31.8 Å². The molecule has 0 radical (unpaired) electrons. The van der Waals surface area contributed by atoms with Crippen molar-refractivity contribution in [1.82, 2.24) is 4.90 Å². The molecule has 3 N–H and O–H groups in total. The Labute approximate surface area is 107 Å². The average Bonchev–Trinajstić information content (AvgIpc) is 2.31. The highest BCUT2D eigenvalue weighted by Gasteiger charge is 2.17. The van der Waals surface area contributed by atoms with Crippen molar-refractivity contribution >= 4 is 5.97 Å². The van der Waals surface area contributed by atoms with Crippen molar-refractivity contribution in [3.63, 3.8) is 0 Å². The molecule has 1 saturated heterocycles. The number of nitrogens with two attached hydrogens (primary N) is 1. The lowest BCUT2D eigenvalue weighted by Gasteiger charge is -2.31. The van der Waals surface area contributed by atoms with E-state index in [9.17, 15) is 4.79 Å². The van der Waals surface area contributed by atoms with Gasteiger partial charge in [-0.3, -0.25) is 9.69 Å². The summed E-state index contributed by atoms with van der Waals surface area (Å²) < 4.78 is 0. The molecule has 18 heavy (non-hydrogen) atoms. The van der Waals surface area contributed by atoms with Gasteiger partial charge in [-0.2, -0.15) is 0 Å². The number of nitrogens with zero attached hydrogens (tertiary/aromatic N) is 1. The third kappa shape index (κ3) is 3.55. The van der Waals surface area contributed by atoms with Crippen LogP contribution in [0, 0.1) is 0 Å². The fourth-order valence-corrected chi connectivity index (χ4v) is 2.52. The summed E-state index contributed by atoms with van der Waals surface area (Å²) in [6.45, 7) is 2.76. The molecule has 0 bridgehead atoms. The molecule has 1 atom stereocenters. The highest BCUT2D eigenvalue weighted by Crippen LogP contribution is 2.16. The Kier molecular flexibility index (Phi) is 4.33. The van der Waals surface area contributed by atoms with E-state index >= 15 is 0 Å². The number of carboxylic acid groups (broad SMARTS) is 1. The summed E-state index contributed by atoms with van der Waals surface area (Å²) in [5.41, 5.74) is 7.97. The van der Waals surface area contributed by atoms with Gasteiger partial charge in [0.15, 0.2) is 0 Å². The van der Waals surface area contributed by atoms with Crippen molar-refractivity contribution in [2.75, 3.05) is 13.1 Å². The maximum Gasteiger partial charge on any atom is 0.307 e. The summed E-state index contributed by atoms with van der Waals surface area (Å²) in [4.78, 5) is 13.1. The summed E-state index contributed by atoms with van der Waals surface area (Å²) in [7, 11) is 0. The van der Waals surface area contributed by atoms with Crippen molar-refractivity contribution < 1.29 is 9.90 Å². The molecule has 4 nitrogen and oxygen atoms in total. The summed E-state index contributed by atoms with van der Waals surface area (Å²) in [5.74, 6) is -0.780. The lowest BCUT2D eigenvalue weighted by molar-refractivity contribution is -0.136. The number of carbonyl (C=O) groups is 1. The van der Waals surface area contributed by atoms with Gasteiger partial charge in [-0.05, 0) is 30.5 Å². The zero-order valence-corrected chi connectivity index (χ0v) is 10.5. The first kappa shape index (κ1) is 13.1. The normalized spacial score (nSPS) is 20.8. The van der Waals surface area contributed by atoms with Gasteiger partial charge in [-0.1, -0.05) is 24.3 Å². The van der Waals surface area contributed by atoms with E-state index in [1.165, 1.54) is 0 Å². The Balaban J connectivity index is 2.05. The molecule has 1 fully saturated rings. The molecule has 0 saturated carbocycles. The number of piperidine rings is 1. The lowest BCUT2D eigenvalue weighted by atomic mass is 10.0. The van der Waals surface area contributed by atoms with E-state index in [0.717, 1.165) is 43.6 Å². The molecular formula is C14H20N2O2. The van der Waals surface area contributed by atoms with Crippen molar-refractivity contribution in [3.8, 4) is 0 Å². The minimum absolute atomic E-state index is 0.0933. The van der Waals surface area contributed by atoms with Crippen LogP contribution in [0.2, 0.25) is 0 Å². The van der Waals surface area contributed by atoms with Gasteiger partial charge in [0.05, 0.1) is 6.42 Å². The first-order chi connectivity index (χ1) is 8.65. The molecule has 0 amide bonds. The smallest absolute Gasteiger partial charge is 0.307 e. The van der Waals surface area contributed by atoms with Crippen LogP contribution < -0.4 is 5.73 Å². The van der Waals surface area contributed by atoms with E-state index in [1.807, 2.05) is 24.3 Å². The summed E-state index contributed by atoms with van der Waals surface area (Å²) in [6, 6.07) is 8.02.